The van der Waals surface area contributed by atoms with Gasteiger partial charge < -0.3 is 14.0 Å². The van der Waals surface area contributed by atoms with E-state index in [4.69, 9.17) is 10.1 Å². The molecule has 0 aliphatic carbocycles. The highest BCUT2D eigenvalue weighted by Crippen LogP contribution is 2.29. The number of para-hydroxylation sites is 1. The van der Waals surface area contributed by atoms with Crippen LogP contribution >= 0.6 is 11.3 Å². The minimum atomic E-state index is -4.75. The molecule has 156 valence electrons. The van der Waals surface area contributed by atoms with Crippen LogP contribution < -0.4 is 14.3 Å². The van der Waals surface area contributed by atoms with Crippen LogP contribution in [0.25, 0.3) is 21.5 Å². The van der Waals surface area contributed by atoms with E-state index in [1.165, 1.54) is 18.2 Å². The molecule has 11 heteroatoms. The van der Waals surface area contributed by atoms with Gasteiger partial charge in [-0.05, 0) is 30.3 Å². The van der Waals surface area contributed by atoms with Gasteiger partial charge in [-0.15, -0.1) is 18.3 Å². The first-order valence-corrected chi connectivity index (χ1v) is 9.63. The number of alkyl halides is 3. The Morgan fingerprint density at radius 1 is 1.13 bits per heavy atom. The summed E-state index contributed by atoms with van der Waals surface area (Å²) in [6, 6.07) is 11.5. The Hall–Kier alpha value is -3.34. The molecule has 0 amide bonds. The topological polar surface area (TPSA) is 78.0 Å². The van der Waals surface area contributed by atoms with E-state index in [-0.39, 0.29) is 10.6 Å². The van der Waals surface area contributed by atoms with Gasteiger partial charge >= 0.3 is 6.36 Å². The molecule has 30 heavy (non-hydrogen) atoms. The predicted octanol–water partition coefficient (Wildman–Crippen LogP) is 4.05. The molecule has 4 aromatic rings. The van der Waals surface area contributed by atoms with E-state index in [2.05, 4.69) is 15.0 Å². The van der Waals surface area contributed by atoms with Crippen LogP contribution in [0.2, 0.25) is 0 Å². The van der Waals surface area contributed by atoms with Crippen LogP contribution in [0.1, 0.15) is 0 Å². The summed E-state index contributed by atoms with van der Waals surface area (Å²) in [6.07, 6.45) is -2.97. The number of ether oxygens (including phenoxy) is 2. The van der Waals surface area contributed by atoms with E-state index in [0.717, 1.165) is 16.9 Å². The fourth-order valence-electron chi connectivity index (χ4n) is 3.08. The maximum Gasteiger partial charge on any atom is 0.573 e. The molecule has 1 N–H and O–H groups in total. The molecule has 2 heterocycles. The van der Waals surface area contributed by atoms with Gasteiger partial charge in [-0.3, -0.25) is 10.1 Å². The first-order chi connectivity index (χ1) is 14.3. The van der Waals surface area contributed by atoms with Crippen LogP contribution in [0.4, 0.5) is 13.2 Å². The maximum atomic E-state index is 12.4. The van der Waals surface area contributed by atoms with Gasteiger partial charge in [0.05, 0.1) is 30.1 Å². The standard InChI is InChI=1S/C19H16F3N5O2S/c1-28-16-5-3-2-4-13(16)14-11-26(25-24-14)8-9-27-15-7-6-12(29-19(20,21)22)10-17(15)30-18(27)23/h2-7,10-11,23H,8-9H2,1H3. The second-order valence-electron chi connectivity index (χ2n) is 6.30. The highest BCUT2D eigenvalue weighted by atomic mass is 32.1. The largest absolute Gasteiger partial charge is 0.573 e. The number of aryl methyl sites for hydroxylation is 2. The first kappa shape index (κ1) is 20.0. The minimum absolute atomic E-state index is 0.222. The van der Waals surface area contributed by atoms with E-state index >= 15 is 0 Å². The molecule has 2 aromatic carbocycles. The molecule has 4 rings (SSSR count). The Labute approximate surface area is 172 Å². The molecule has 0 radical (unpaired) electrons. The number of halogens is 3. The summed E-state index contributed by atoms with van der Waals surface area (Å²) >= 11 is 1.08. The molecule has 0 unspecified atom stereocenters. The third kappa shape index (κ3) is 4.15. The number of aromatic nitrogens is 4. The first-order valence-electron chi connectivity index (χ1n) is 8.81. The van der Waals surface area contributed by atoms with Crippen molar-refractivity contribution >= 4 is 21.6 Å². The zero-order chi connectivity index (χ0) is 21.3. The average molecular weight is 435 g/mol. The average Bonchev–Trinajstić information content (AvgIpc) is 3.28. The number of nitrogens with one attached hydrogen (secondary N) is 1. The lowest BCUT2D eigenvalue weighted by Crippen LogP contribution is -2.17. The van der Waals surface area contributed by atoms with Gasteiger partial charge in [0, 0.05) is 12.1 Å². The predicted molar refractivity (Wildman–Crippen MR) is 104 cm³/mol. The van der Waals surface area contributed by atoms with Crippen LogP contribution in [0, 0.1) is 5.41 Å². The number of nitrogens with zero attached hydrogens (tertiary/aromatic N) is 4. The van der Waals surface area contributed by atoms with Crippen molar-refractivity contribution in [2.24, 2.45) is 0 Å². The summed E-state index contributed by atoms with van der Waals surface area (Å²) in [5.41, 5.74) is 2.13. The van der Waals surface area contributed by atoms with Gasteiger partial charge in [-0.2, -0.15) is 0 Å². The Bertz CT molecular complexity index is 1240. The van der Waals surface area contributed by atoms with Crippen molar-refractivity contribution in [2.75, 3.05) is 7.11 Å². The summed E-state index contributed by atoms with van der Waals surface area (Å²) in [5, 5.41) is 16.5. The monoisotopic (exact) mass is 435 g/mol. The Kier molecular flexibility index (Phi) is 5.20. The minimum Gasteiger partial charge on any atom is -0.496 e. The van der Waals surface area contributed by atoms with E-state index in [0.29, 0.717) is 34.7 Å². The molecule has 0 aliphatic heterocycles. The van der Waals surface area contributed by atoms with Crippen LogP contribution in [0.15, 0.2) is 48.7 Å². The fourth-order valence-corrected chi connectivity index (χ4v) is 4.04. The summed E-state index contributed by atoms with van der Waals surface area (Å²) in [7, 11) is 1.59. The number of rotatable bonds is 6. The summed E-state index contributed by atoms with van der Waals surface area (Å²) < 4.78 is 50.5. The molecule has 0 saturated heterocycles. The Morgan fingerprint density at radius 3 is 2.70 bits per heavy atom. The molecule has 0 atom stereocenters. The number of hydrogen-bond acceptors (Lipinski definition) is 6. The Balaban J connectivity index is 1.54. The second-order valence-corrected chi connectivity index (χ2v) is 7.33. The molecule has 0 fully saturated rings. The molecule has 0 spiro atoms. The lowest BCUT2D eigenvalue weighted by molar-refractivity contribution is -0.274. The van der Waals surface area contributed by atoms with Gasteiger partial charge in [0.15, 0.2) is 4.80 Å². The molecule has 0 bridgehead atoms. The van der Waals surface area contributed by atoms with Gasteiger partial charge in [-0.25, -0.2) is 0 Å². The summed E-state index contributed by atoms with van der Waals surface area (Å²) in [5.74, 6) is 0.384. The zero-order valence-electron chi connectivity index (χ0n) is 15.7. The van der Waals surface area contributed by atoms with E-state index in [9.17, 15) is 13.2 Å². The molecular weight excluding hydrogens is 419 g/mol. The number of benzene rings is 2. The third-order valence-electron chi connectivity index (χ3n) is 4.38. The number of methoxy groups -OCH3 is 1. The van der Waals surface area contributed by atoms with Crippen molar-refractivity contribution < 1.29 is 22.6 Å². The van der Waals surface area contributed by atoms with Crippen molar-refractivity contribution in [3.05, 3.63) is 53.5 Å². The SMILES string of the molecule is COc1ccccc1-c1cn(CCn2c(=N)sc3cc(OC(F)(F)F)ccc32)nn1. The second kappa shape index (κ2) is 7.82. The maximum absolute atomic E-state index is 12.4. The number of fused-ring (bicyclic) bond motifs is 1. The van der Waals surface area contributed by atoms with Gasteiger partial charge in [0.25, 0.3) is 0 Å². The number of thiazole rings is 1. The molecule has 2 aromatic heterocycles. The van der Waals surface area contributed by atoms with Crippen LogP contribution in [-0.2, 0) is 13.1 Å². The number of hydrogen-bond donors (Lipinski definition) is 1. The van der Waals surface area contributed by atoms with Crippen molar-refractivity contribution in [3.8, 4) is 22.8 Å². The smallest absolute Gasteiger partial charge is 0.496 e. The lowest BCUT2D eigenvalue weighted by Gasteiger charge is -2.09. The van der Waals surface area contributed by atoms with Crippen LogP contribution in [-0.4, -0.2) is 33.0 Å². The van der Waals surface area contributed by atoms with Gasteiger partial charge in [0.2, 0.25) is 0 Å². The molecule has 0 aliphatic rings. The molecule has 0 saturated carbocycles. The lowest BCUT2D eigenvalue weighted by atomic mass is 10.1. The van der Waals surface area contributed by atoms with Crippen molar-refractivity contribution in [3.63, 3.8) is 0 Å². The quantitative estimate of drug-likeness (QED) is 0.496. The van der Waals surface area contributed by atoms with E-state index in [1.54, 1.807) is 22.6 Å². The van der Waals surface area contributed by atoms with Gasteiger partial charge in [-0.1, -0.05) is 28.7 Å². The van der Waals surface area contributed by atoms with Crippen molar-refractivity contribution in [1.29, 1.82) is 5.41 Å². The van der Waals surface area contributed by atoms with E-state index in [1.807, 2.05) is 24.3 Å². The van der Waals surface area contributed by atoms with Crippen LogP contribution in [0.3, 0.4) is 0 Å². The summed E-state index contributed by atoms with van der Waals surface area (Å²) in [4.78, 5) is 0.222. The van der Waals surface area contributed by atoms with Crippen LogP contribution in [0.5, 0.6) is 11.5 Å². The molecule has 7 nitrogen and oxygen atoms in total. The zero-order valence-corrected chi connectivity index (χ0v) is 16.5. The van der Waals surface area contributed by atoms with Gasteiger partial charge in [0.1, 0.15) is 17.2 Å². The van der Waals surface area contributed by atoms with Crippen molar-refractivity contribution in [2.45, 2.75) is 19.5 Å². The highest BCUT2D eigenvalue weighted by Gasteiger charge is 2.31. The highest BCUT2D eigenvalue weighted by molar-refractivity contribution is 7.16. The summed E-state index contributed by atoms with van der Waals surface area (Å²) in [6.45, 7) is 0.846. The third-order valence-corrected chi connectivity index (χ3v) is 5.34. The Morgan fingerprint density at radius 2 is 1.93 bits per heavy atom. The van der Waals surface area contributed by atoms with Crippen molar-refractivity contribution in [1.82, 2.24) is 19.6 Å². The fraction of sp³-hybridized carbons (Fsp3) is 0.211. The van der Waals surface area contributed by atoms with E-state index < -0.39 is 6.36 Å². The normalized spacial score (nSPS) is 11.7. The molecular formula is C19H16F3N5O2S.